The molecule has 3 atom stereocenters. The second-order valence-corrected chi connectivity index (χ2v) is 9.31. The van der Waals surface area contributed by atoms with Gasteiger partial charge in [0.1, 0.15) is 19.3 Å². The number of hydrogen-bond acceptors (Lipinski definition) is 10. The number of aliphatic hydroxyl groups excluding tert-OH is 3. The number of fused-ring (bicyclic) bond motifs is 1. The van der Waals surface area contributed by atoms with Crippen LogP contribution in [0.5, 0.6) is 11.5 Å². The molecule has 220 valence electrons. The molecule has 1 aromatic rings. The van der Waals surface area contributed by atoms with Crippen LogP contribution in [-0.4, -0.2) is 95.0 Å². The SMILES string of the molecule is CCCCCCCC(=O)N[C@H](CN1CCCC1)[C@H](O)c1ccc2c(c1)OCCO2.O=C(O)[C@H](O)CO.O=C=O. The maximum atomic E-state index is 12.5. The topological polar surface area (TPSA) is 183 Å². The number of unbranched alkanes of at least 4 members (excludes halogenated alkanes) is 4. The summed E-state index contributed by atoms with van der Waals surface area (Å²) in [6.45, 7) is 5.23. The van der Waals surface area contributed by atoms with Crippen molar-refractivity contribution in [3.05, 3.63) is 23.8 Å². The first-order chi connectivity index (χ1) is 18.8. The molecule has 2 aliphatic rings. The third-order valence-electron chi connectivity index (χ3n) is 6.25. The van der Waals surface area contributed by atoms with Crippen LogP contribution in [0.25, 0.3) is 0 Å². The molecule has 0 aliphatic carbocycles. The fraction of sp³-hybridized carbons (Fsp3) is 0.667. The first-order valence-electron chi connectivity index (χ1n) is 13.4. The molecule has 3 rings (SSSR count). The zero-order chi connectivity index (χ0) is 29.0. The molecule has 2 aliphatic heterocycles. The van der Waals surface area contributed by atoms with Crippen molar-refractivity contribution in [3.63, 3.8) is 0 Å². The summed E-state index contributed by atoms with van der Waals surface area (Å²) < 4.78 is 11.2. The third kappa shape index (κ3) is 13.6. The fourth-order valence-electron chi connectivity index (χ4n) is 4.19. The molecule has 1 fully saturated rings. The van der Waals surface area contributed by atoms with Gasteiger partial charge in [0.15, 0.2) is 17.6 Å². The molecule has 12 heteroatoms. The van der Waals surface area contributed by atoms with E-state index in [2.05, 4.69) is 17.1 Å². The van der Waals surface area contributed by atoms with Crippen molar-refractivity contribution in [2.45, 2.75) is 76.5 Å². The molecule has 5 N–H and O–H groups in total. The van der Waals surface area contributed by atoms with Gasteiger partial charge in [0.2, 0.25) is 5.91 Å². The molecule has 0 bridgehead atoms. The van der Waals surface area contributed by atoms with Crippen LogP contribution >= 0.6 is 0 Å². The normalized spacial score (nSPS) is 16.3. The van der Waals surface area contributed by atoms with Crippen molar-refractivity contribution < 1.29 is 49.1 Å². The van der Waals surface area contributed by atoms with E-state index in [9.17, 15) is 14.7 Å². The van der Waals surface area contributed by atoms with Crippen LogP contribution in [0.4, 0.5) is 0 Å². The largest absolute Gasteiger partial charge is 0.486 e. The molecule has 2 heterocycles. The van der Waals surface area contributed by atoms with Gasteiger partial charge in [-0.15, -0.1) is 0 Å². The summed E-state index contributed by atoms with van der Waals surface area (Å²) in [7, 11) is 0. The number of carbonyl (C=O) groups excluding carboxylic acids is 3. The average molecular weight is 555 g/mol. The zero-order valence-electron chi connectivity index (χ0n) is 22.5. The molecule has 12 nitrogen and oxygen atoms in total. The Labute approximate surface area is 228 Å². The monoisotopic (exact) mass is 554 g/mol. The van der Waals surface area contributed by atoms with Gasteiger partial charge in [-0.05, 0) is 50.0 Å². The van der Waals surface area contributed by atoms with Crippen LogP contribution in [0.15, 0.2) is 18.2 Å². The van der Waals surface area contributed by atoms with Crippen molar-refractivity contribution in [2.24, 2.45) is 0 Å². The molecule has 1 aromatic carbocycles. The van der Waals surface area contributed by atoms with E-state index in [-0.39, 0.29) is 18.1 Å². The van der Waals surface area contributed by atoms with Crippen molar-refractivity contribution in [3.8, 4) is 11.5 Å². The predicted octanol–water partition coefficient (Wildman–Crippen LogP) is 1.27. The highest BCUT2D eigenvalue weighted by atomic mass is 16.6. The van der Waals surface area contributed by atoms with E-state index in [0.29, 0.717) is 37.7 Å². The first-order valence-corrected chi connectivity index (χ1v) is 13.4. The van der Waals surface area contributed by atoms with Crippen LogP contribution < -0.4 is 14.8 Å². The highest BCUT2D eigenvalue weighted by Crippen LogP contribution is 2.33. The summed E-state index contributed by atoms with van der Waals surface area (Å²) in [5.74, 6) is -0.000769. The fourth-order valence-corrected chi connectivity index (χ4v) is 4.19. The minimum atomic E-state index is -1.63. The molecular weight excluding hydrogens is 512 g/mol. The van der Waals surface area contributed by atoms with E-state index in [1.165, 1.54) is 32.1 Å². The number of likely N-dealkylation sites (tertiary alicyclic amines) is 1. The lowest BCUT2D eigenvalue weighted by Gasteiger charge is -2.29. The summed E-state index contributed by atoms with van der Waals surface area (Å²) in [4.78, 5) is 40.6. The van der Waals surface area contributed by atoms with Gasteiger partial charge in [-0.25, -0.2) is 4.79 Å². The number of nitrogens with zero attached hydrogens (tertiary/aromatic N) is 1. The summed E-state index contributed by atoms with van der Waals surface area (Å²) >= 11 is 0. The molecule has 0 unspecified atom stereocenters. The molecule has 1 saturated heterocycles. The second-order valence-electron chi connectivity index (χ2n) is 9.31. The van der Waals surface area contributed by atoms with E-state index in [0.717, 1.165) is 31.5 Å². The number of carbonyl (C=O) groups is 2. The summed E-state index contributed by atoms with van der Waals surface area (Å²) in [6.07, 6.45) is 6.32. The Morgan fingerprint density at radius 1 is 1.03 bits per heavy atom. The van der Waals surface area contributed by atoms with Crippen LogP contribution in [-0.2, 0) is 19.2 Å². The smallest absolute Gasteiger partial charge is 0.373 e. The lowest BCUT2D eigenvalue weighted by molar-refractivity contribution is -0.191. The number of benzene rings is 1. The Balaban J connectivity index is 0.000000652. The average Bonchev–Trinajstić information content (AvgIpc) is 3.45. The van der Waals surface area contributed by atoms with Crippen molar-refractivity contribution in [2.75, 3.05) is 39.5 Å². The Hall–Kier alpha value is -3.02. The quantitative estimate of drug-likeness (QED) is 0.221. The lowest BCUT2D eigenvalue weighted by atomic mass is 10.0. The van der Waals surface area contributed by atoms with Gasteiger partial charge in [-0.3, -0.25) is 4.79 Å². The van der Waals surface area contributed by atoms with Crippen LogP contribution in [0.1, 0.15) is 70.0 Å². The van der Waals surface area contributed by atoms with E-state index in [1.54, 1.807) is 0 Å². The number of aliphatic carboxylic acids is 1. The van der Waals surface area contributed by atoms with E-state index in [1.807, 2.05) is 18.2 Å². The second kappa shape index (κ2) is 20.0. The van der Waals surface area contributed by atoms with Gasteiger partial charge in [-0.2, -0.15) is 9.59 Å². The van der Waals surface area contributed by atoms with Gasteiger partial charge in [0, 0.05) is 13.0 Å². The van der Waals surface area contributed by atoms with Crippen molar-refractivity contribution >= 4 is 18.0 Å². The maximum Gasteiger partial charge on any atom is 0.373 e. The minimum absolute atomic E-state index is 0.0299. The molecule has 0 aromatic heterocycles. The molecule has 1 amide bonds. The number of aliphatic hydroxyl groups is 3. The Morgan fingerprint density at radius 3 is 2.21 bits per heavy atom. The summed E-state index contributed by atoms with van der Waals surface area (Å²) in [5.41, 5.74) is 0.752. The summed E-state index contributed by atoms with van der Waals surface area (Å²) in [6, 6.07) is 5.22. The van der Waals surface area contributed by atoms with Crippen LogP contribution in [0.3, 0.4) is 0 Å². The molecule has 0 radical (unpaired) electrons. The standard InChI is InChI=1S/C23H36N2O4.C3H6O4.CO2/c1-2-3-4-5-6-9-22(26)24-19(17-25-12-7-8-13-25)23(27)18-10-11-20-21(16-18)29-15-14-28-20;4-1-2(5)3(6)7;2-1-3/h10-11,16,19,23,27H,2-9,12-15,17H2,1H3,(H,24,26);2,4-5H,1H2,(H,6,7);/t19-,23-;2-;/m11./s1. The zero-order valence-corrected chi connectivity index (χ0v) is 22.5. The van der Waals surface area contributed by atoms with Gasteiger partial charge in [-0.1, -0.05) is 38.7 Å². The Kier molecular flexibility index (Phi) is 17.4. The molecule has 39 heavy (non-hydrogen) atoms. The molecule has 0 saturated carbocycles. The van der Waals surface area contributed by atoms with Crippen LogP contribution in [0.2, 0.25) is 0 Å². The van der Waals surface area contributed by atoms with E-state index < -0.39 is 24.8 Å². The van der Waals surface area contributed by atoms with Gasteiger partial charge in [0.05, 0.1) is 12.6 Å². The van der Waals surface area contributed by atoms with E-state index in [4.69, 9.17) is 34.4 Å². The van der Waals surface area contributed by atoms with Gasteiger partial charge < -0.3 is 40.1 Å². The number of rotatable bonds is 13. The third-order valence-corrected chi connectivity index (χ3v) is 6.25. The van der Waals surface area contributed by atoms with Crippen molar-refractivity contribution in [1.82, 2.24) is 10.2 Å². The maximum absolute atomic E-state index is 12.5. The number of carboxylic acid groups (broad SMARTS) is 1. The predicted molar refractivity (Wildman–Crippen MR) is 139 cm³/mol. The van der Waals surface area contributed by atoms with E-state index >= 15 is 0 Å². The van der Waals surface area contributed by atoms with Crippen molar-refractivity contribution in [1.29, 1.82) is 0 Å². The number of ether oxygens (including phenoxy) is 2. The summed E-state index contributed by atoms with van der Waals surface area (Å²) in [5, 5.41) is 37.9. The number of amides is 1. The highest BCUT2D eigenvalue weighted by Gasteiger charge is 2.27. The molecule has 0 spiro atoms. The first kappa shape index (κ1) is 34.0. The van der Waals surface area contributed by atoms with Crippen LogP contribution in [0, 0.1) is 0 Å². The van der Waals surface area contributed by atoms with Gasteiger partial charge in [0.25, 0.3) is 0 Å². The lowest BCUT2D eigenvalue weighted by Crippen LogP contribution is -2.46. The van der Waals surface area contributed by atoms with Gasteiger partial charge >= 0.3 is 12.1 Å². The Morgan fingerprint density at radius 2 is 1.64 bits per heavy atom. The highest BCUT2D eigenvalue weighted by molar-refractivity contribution is 5.76. The number of hydrogen-bond donors (Lipinski definition) is 5. The number of nitrogens with one attached hydrogen (secondary N) is 1. The molecular formula is C27H42N2O10. The number of carboxylic acids is 1. The minimum Gasteiger partial charge on any atom is -0.486 e. The Bertz CT molecular complexity index is 885.